The van der Waals surface area contributed by atoms with Gasteiger partial charge in [-0.15, -0.1) is 11.3 Å². The molecule has 0 aromatic carbocycles. The molecule has 0 unspecified atom stereocenters. The van der Waals surface area contributed by atoms with Crippen molar-refractivity contribution >= 4 is 17.1 Å². The summed E-state index contributed by atoms with van der Waals surface area (Å²) in [5, 5.41) is 0. The molecule has 1 nitrogen and oxygen atoms in total. The highest BCUT2D eigenvalue weighted by molar-refractivity contribution is 7.12. The lowest BCUT2D eigenvalue weighted by Crippen LogP contribution is -2.00. The van der Waals surface area contributed by atoms with Crippen molar-refractivity contribution < 1.29 is 4.79 Å². The third-order valence-electron chi connectivity index (χ3n) is 1.88. The van der Waals surface area contributed by atoms with Gasteiger partial charge in [0.2, 0.25) is 0 Å². The Bertz CT molecular complexity index is 323. The zero-order valence-corrected chi connectivity index (χ0v) is 8.91. The summed E-state index contributed by atoms with van der Waals surface area (Å²) in [5.74, 6) is 0.143. The van der Waals surface area contributed by atoms with E-state index in [0.29, 0.717) is 12.0 Å². The molecule has 0 N–H and O–H groups in total. The summed E-state index contributed by atoms with van der Waals surface area (Å²) in [4.78, 5) is 13.8. The van der Waals surface area contributed by atoms with Crippen LogP contribution in [0.5, 0.6) is 0 Å². The molecule has 0 radical (unpaired) electrons. The molecule has 13 heavy (non-hydrogen) atoms. The second-order valence-corrected chi connectivity index (χ2v) is 4.35. The van der Waals surface area contributed by atoms with E-state index in [1.54, 1.807) is 18.3 Å². The largest absolute Gasteiger partial charge is 0.294 e. The van der Waals surface area contributed by atoms with E-state index in [9.17, 15) is 4.79 Å². The first kappa shape index (κ1) is 10.2. The first-order chi connectivity index (χ1) is 6.13. The Hall–Kier alpha value is -0.890. The first-order valence-electron chi connectivity index (χ1n) is 4.39. The quantitative estimate of drug-likeness (QED) is 0.673. The van der Waals surface area contributed by atoms with Crippen LogP contribution in [0.15, 0.2) is 24.3 Å². The van der Waals surface area contributed by atoms with Crippen LogP contribution in [0.1, 0.15) is 23.6 Å². The van der Waals surface area contributed by atoms with Crippen LogP contribution in [0.3, 0.4) is 0 Å². The van der Waals surface area contributed by atoms with Crippen molar-refractivity contribution in [1.29, 1.82) is 0 Å². The molecule has 0 aliphatic heterocycles. The summed E-state index contributed by atoms with van der Waals surface area (Å²) in [6.07, 6.45) is 1.56. The fraction of sp³-hybridized carbons (Fsp3) is 0.364. The van der Waals surface area contributed by atoms with E-state index in [1.165, 1.54) is 4.88 Å². The number of carbonyl (C=O) groups excluding carboxylic acids is 1. The Kier molecular flexibility index (Phi) is 3.43. The molecule has 1 rings (SSSR count). The second kappa shape index (κ2) is 4.38. The van der Waals surface area contributed by atoms with E-state index in [0.717, 1.165) is 11.3 Å². The zero-order chi connectivity index (χ0) is 9.84. The average molecular weight is 194 g/mol. The van der Waals surface area contributed by atoms with Gasteiger partial charge in [0.15, 0.2) is 5.78 Å². The van der Waals surface area contributed by atoms with Crippen molar-refractivity contribution in [2.45, 2.75) is 26.7 Å². The van der Waals surface area contributed by atoms with Crippen LogP contribution < -0.4 is 0 Å². The average Bonchev–Trinajstić information content (AvgIpc) is 2.52. The van der Waals surface area contributed by atoms with E-state index in [4.69, 9.17) is 0 Å². The molecular weight excluding hydrogens is 180 g/mol. The Labute approximate surface area is 83.1 Å². The van der Waals surface area contributed by atoms with Crippen molar-refractivity contribution in [2.75, 3.05) is 0 Å². The summed E-state index contributed by atoms with van der Waals surface area (Å²) in [6, 6.07) is 4.12. The monoisotopic (exact) mass is 194 g/mol. The molecule has 2 heteroatoms. The third kappa shape index (κ3) is 2.81. The molecule has 1 aromatic rings. The van der Waals surface area contributed by atoms with E-state index >= 15 is 0 Å². The number of rotatable bonds is 4. The van der Waals surface area contributed by atoms with E-state index in [-0.39, 0.29) is 5.78 Å². The highest BCUT2D eigenvalue weighted by Gasteiger charge is 2.05. The molecule has 0 spiro atoms. The third-order valence-corrected chi connectivity index (χ3v) is 3.11. The molecule has 0 amide bonds. The number of Topliss-reactive ketones (excluding diaryl/α,β-unsaturated/α-hetero) is 1. The predicted octanol–water partition coefficient (Wildman–Crippen LogP) is 3.00. The number of carbonyl (C=O) groups is 1. The summed E-state index contributed by atoms with van der Waals surface area (Å²) < 4.78 is 0. The number of thiophene rings is 1. The van der Waals surface area contributed by atoms with Crippen LogP contribution in [0.2, 0.25) is 0 Å². The number of ketones is 1. The number of hydrogen-bond acceptors (Lipinski definition) is 2. The normalized spacial score (nSPS) is 10.0. The van der Waals surface area contributed by atoms with Crippen molar-refractivity contribution in [3.8, 4) is 0 Å². The van der Waals surface area contributed by atoms with E-state index in [1.807, 2.05) is 6.07 Å². The standard InChI is InChI=1S/C11H14OS/c1-4-9-5-6-10(13-9)7-11(12)8(2)3/h5-6H,2,4,7H2,1,3H3. The second-order valence-electron chi connectivity index (χ2n) is 3.10. The van der Waals surface area contributed by atoms with Gasteiger partial charge in [-0.1, -0.05) is 13.5 Å². The van der Waals surface area contributed by atoms with Gasteiger partial charge in [-0.2, -0.15) is 0 Å². The predicted molar refractivity (Wildman–Crippen MR) is 57.2 cm³/mol. The minimum Gasteiger partial charge on any atom is -0.294 e. The lowest BCUT2D eigenvalue weighted by atomic mass is 10.1. The SMILES string of the molecule is C=C(C)C(=O)Cc1ccc(CC)s1. The van der Waals surface area contributed by atoms with Crippen LogP contribution in [0.4, 0.5) is 0 Å². The van der Waals surface area contributed by atoms with Gasteiger partial charge in [0, 0.05) is 16.2 Å². The van der Waals surface area contributed by atoms with Crippen LogP contribution in [-0.2, 0) is 17.6 Å². The fourth-order valence-electron chi connectivity index (χ4n) is 1.02. The Morgan fingerprint density at radius 1 is 1.46 bits per heavy atom. The minimum atomic E-state index is 0.143. The molecule has 1 aromatic heterocycles. The van der Waals surface area contributed by atoms with Gasteiger partial charge in [0.1, 0.15) is 0 Å². The van der Waals surface area contributed by atoms with E-state index < -0.39 is 0 Å². The molecule has 0 saturated carbocycles. The topological polar surface area (TPSA) is 17.1 Å². The molecule has 0 bridgehead atoms. The lowest BCUT2D eigenvalue weighted by molar-refractivity contribution is -0.114. The Balaban J connectivity index is 2.64. The maximum absolute atomic E-state index is 11.3. The van der Waals surface area contributed by atoms with Gasteiger partial charge in [-0.05, 0) is 31.1 Å². The number of allylic oxidation sites excluding steroid dienone is 1. The maximum atomic E-state index is 11.3. The highest BCUT2D eigenvalue weighted by Crippen LogP contribution is 2.18. The first-order valence-corrected chi connectivity index (χ1v) is 5.21. The van der Waals surface area contributed by atoms with Crippen LogP contribution >= 0.6 is 11.3 Å². The summed E-state index contributed by atoms with van der Waals surface area (Å²) >= 11 is 1.72. The molecule has 1 heterocycles. The van der Waals surface area contributed by atoms with Gasteiger partial charge >= 0.3 is 0 Å². The van der Waals surface area contributed by atoms with Crippen molar-refractivity contribution in [3.63, 3.8) is 0 Å². The lowest BCUT2D eigenvalue weighted by Gasteiger charge is -1.95. The van der Waals surface area contributed by atoms with Crippen LogP contribution in [-0.4, -0.2) is 5.78 Å². The maximum Gasteiger partial charge on any atom is 0.163 e. The summed E-state index contributed by atoms with van der Waals surface area (Å²) in [7, 11) is 0. The summed E-state index contributed by atoms with van der Waals surface area (Å²) in [6.45, 7) is 7.52. The van der Waals surface area contributed by atoms with Gasteiger partial charge in [0.25, 0.3) is 0 Å². The van der Waals surface area contributed by atoms with Crippen molar-refractivity contribution in [2.24, 2.45) is 0 Å². The minimum absolute atomic E-state index is 0.143. The fourth-order valence-corrected chi connectivity index (χ4v) is 1.97. The zero-order valence-electron chi connectivity index (χ0n) is 8.09. The molecule has 0 fully saturated rings. The van der Waals surface area contributed by atoms with Gasteiger partial charge in [-0.25, -0.2) is 0 Å². The van der Waals surface area contributed by atoms with Crippen LogP contribution in [0.25, 0.3) is 0 Å². The molecule has 0 aliphatic carbocycles. The Morgan fingerprint density at radius 2 is 2.08 bits per heavy atom. The van der Waals surface area contributed by atoms with Crippen LogP contribution in [0, 0.1) is 0 Å². The molecule has 70 valence electrons. The van der Waals surface area contributed by atoms with Gasteiger partial charge in [-0.3, -0.25) is 4.79 Å². The summed E-state index contributed by atoms with van der Waals surface area (Å²) in [5.41, 5.74) is 0.645. The molecule has 0 saturated heterocycles. The molecule has 0 atom stereocenters. The molecular formula is C11H14OS. The number of aryl methyl sites for hydroxylation is 1. The highest BCUT2D eigenvalue weighted by atomic mass is 32.1. The van der Waals surface area contributed by atoms with E-state index in [2.05, 4.69) is 19.6 Å². The van der Waals surface area contributed by atoms with Gasteiger partial charge in [0.05, 0.1) is 0 Å². The molecule has 0 aliphatic rings. The Morgan fingerprint density at radius 3 is 2.54 bits per heavy atom. The van der Waals surface area contributed by atoms with Crippen molar-refractivity contribution in [3.05, 3.63) is 34.0 Å². The smallest absolute Gasteiger partial charge is 0.163 e. The van der Waals surface area contributed by atoms with Crippen molar-refractivity contribution in [1.82, 2.24) is 0 Å². The van der Waals surface area contributed by atoms with Gasteiger partial charge < -0.3 is 0 Å². The number of hydrogen-bond donors (Lipinski definition) is 0.